The number of pyridine rings is 3. The molecule has 0 spiro atoms. The summed E-state index contributed by atoms with van der Waals surface area (Å²) >= 11 is 0. The maximum atomic E-state index is 9.97. The molecule has 0 saturated carbocycles. The van der Waals surface area contributed by atoms with Crippen LogP contribution in [-0.4, -0.2) is 34.3 Å². The summed E-state index contributed by atoms with van der Waals surface area (Å²) in [6, 6.07) is 21.6. The van der Waals surface area contributed by atoms with E-state index in [-0.39, 0.29) is 6.61 Å². The lowest BCUT2D eigenvalue weighted by atomic mass is 10.0. The molecule has 3 N–H and O–H groups in total. The van der Waals surface area contributed by atoms with E-state index >= 15 is 0 Å². The first-order valence-electron chi connectivity index (χ1n) is 12.2. The molecule has 0 saturated heterocycles. The first-order valence-corrected chi connectivity index (χ1v) is 12.2. The number of anilines is 2. The van der Waals surface area contributed by atoms with Gasteiger partial charge in [-0.3, -0.25) is 4.98 Å². The largest absolute Gasteiger partial charge is 0.497 e. The van der Waals surface area contributed by atoms with Gasteiger partial charge in [0.1, 0.15) is 23.1 Å². The topological polar surface area (TPSA) is 107 Å². The van der Waals surface area contributed by atoms with Gasteiger partial charge in [-0.05, 0) is 64.5 Å². The van der Waals surface area contributed by atoms with Crippen molar-refractivity contribution in [3.05, 3.63) is 102 Å². The Bertz CT molecular complexity index is 1490. The molecule has 38 heavy (non-hydrogen) atoms. The number of aliphatic hydroxyl groups is 1. The zero-order valence-electron chi connectivity index (χ0n) is 21.3. The number of hydrogen-bond acceptors (Lipinski definition) is 8. The number of nitrogens with two attached hydrogens (primary N) is 1. The quantitative estimate of drug-likeness (QED) is 0.287. The Morgan fingerprint density at radius 2 is 1.47 bits per heavy atom. The van der Waals surface area contributed by atoms with Gasteiger partial charge < -0.3 is 25.2 Å². The molecular formula is C30H29N5O3. The van der Waals surface area contributed by atoms with Gasteiger partial charge in [-0.15, -0.1) is 0 Å². The Kier molecular flexibility index (Phi) is 7.33. The number of rotatable bonds is 9. The highest BCUT2D eigenvalue weighted by molar-refractivity contribution is 5.95. The molecule has 5 aromatic rings. The van der Waals surface area contributed by atoms with Crippen LogP contribution in [0, 0.1) is 0 Å². The minimum absolute atomic E-state index is 0.118. The number of nitrogen functional groups attached to an aromatic ring is 1. The highest BCUT2D eigenvalue weighted by Gasteiger charge is 2.18. The molecule has 0 aliphatic carbocycles. The summed E-state index contributed by atoms with van der Waals surface area (Å²) < 4.78 is 10.7. The minimum atomic E-state index is -0.118. The monoisotopic (exact) mass is 507 g/mol. The summed E-state index contributed by atoms with van der Waals surface area (Å²) in [5.41, 5.74) is 10.5. The molecule has 0 bridgehead atoms. The second-order valence-corrected chi connectivity index (χ2v) is 8.90. The summed E-state index contributed by atoms with van der Waals surface area (Å²) in [5, 5.41) is 11.8. The summed E-state index contributed by atoms with van der Waals surface area (Å²) in [6.45, 7) is 1.06. The number of hydrogen-bond donors (Lipinski definition) is 2. The molecule has 5 rings (SSSR count). The van der Waals surface area contributed by atoms with Crippen molar-refractivity contribution in [1.82, 2.24) is 15.0 Å². The van der Waals surface area contributed by atoms with Crippen LogP contribution in [0.2, 0.25) is 0 Å². The van der Waals surface area contributed by atoms with Crippen molar-refractivity contribution in [2.75, 3.05) is 24.9 Å². The van der Waals surface area contributed by atoms with Crippen LogP contribution >= 0.6 is 0 Å². The third-order valence-electron chi connectivity index (χ3n) is 6.44. The van der Waals surface area contributed by atoms with Crippen molar-refractivity contribution in [2.45, 2.75) is 19.7 Å². The Balaban J connectivity index is 1.66. The predicted octanol–water partition coefficient (Wildman–Crippen LogP) is 4.99. The Morgan fingerprint density at radius 1 is 0.842 bits per heavy atom. The van der Waals surface area contributed by atoms with Crippen LogP contribution in [-0.2, 0) is 19.7 Å². The van der Waals surface area contributed by atoms with E-state index in [2.05, 4.69) is 14.9 Å². The number of methoxy groups -OCH3 is 2. The molecule has 0 radical (unpaired) electrons. The van der Waals surface area contributed by atoms with Gasteiger partial charge in [0.25, 0.3) is 0 Å². The highest BCUT2D eigenvalue weighted by atomic mass is 16.5. The summed E-state index contributed by atoms with van der Waals surface area (Å²) in [7, 11) is 3.31. The second kappa shape index (κ2) is 11.1. The molecule has 0 aliphatic heterocycles. The molecule has 8 heteroatoms. The van der Waals surface area contributed by atoms with Gasteiger partial charge >= 0.3 is 0 Å². The van der Waals surface area contributed by atoms with Crippen molar-refractivity contribution in [3.63, 3.8) is 0 Å². The summed E-state index contributed by atoms with van der Waals surface area (Å²) in [5.74, 6) is 2.78. The van der Waals surface area contributed by atoms with Crippen molar-refractivity contribution in [1.29, 1.82) is 0 Å². The smallest absolute Gasteiger partial charge is 0.139 e. The fourth-order valence-corrected chi connectivity index (χ4v) is 4.43. The third kappa shape index (κ3) is 5.35. The summed E-state index contributed by atoms with van der Waals surface area (Å²) in [4.78, 5) is 16.0. The Labute approximate surface area is 221 Å². The molecule has 2 aromatic carbocycles. The average molecular weight is 508 g/mol. The molecule has 0 atom stereocenters. The standard InChI is InChI=1S/C30H29N5O3/c1-37-24-7-3-20(4-8-24)17-35(18-21-5-9-25(38-2)10-6-21)30-27-16-33-29(31)14-23(27)13-28(34-30)26-15-32-12-11-22(26)19-36/h3-16,36H,17-19H2,1-2H3,(H2,31,33). The normalized spacial score (nSPS) is 10.9. The average Bonchev–Trinajstić information content (AvgIpc) is 2.96. The third-order valence-corrected chi connectivity index (χ3v) is 6.44. The molecular weight excluding hydrogens is 478 g/mol. The van der Waals surface area contributed by atoms with E-state index < -0.39 is 0 Å². The van der Waals surface area contributed by atoms with Crippen molar-refractivity contribution in [2.24, 2.45) is 0 Å². The van der Waals surface area contributed by atoms with Crippen LogP contribution in [0.4, 0.5) is 11.6 Å². The Morgan fingerprint density at radius 3 is 2.05 bits per heavy atom. The second-order valence-electron chi connectivity index (χ2n) is 8.90. The van der Waals surface area contributed by atoms with E-state index in [1.54, 1.807) is 38.9 Å². The maximum absolute atomic E-state index is 9.97. The molecule has 3 aromatic heterocycles. The summed E-state index contributed by atoms with van der Waals surface area (Å²) in [6.07, 6.45) is 5.16. The molecule has 0 unspecified atom stereocenters. The number of aromatic nitrogens is 3. The van der Waals surface area contributed by atoms with E-state index in [0.717, 1.165) is 50.3 Å². The Hall–Kier alpha value is -4.69. The molecule has 0 aliphatic rings. The molecule has 3 heterocycles. The van der Waals surface area contributed by atoms with E-state index in [0.29, 0.717) is 24.6 Å². The van der Waals surface area contributed by atoms with Gasteiger partial charge in [0.15, 0.2) is 0 Å². The predicted molar refractivity (Wildman–Crippen MR) is 149 cm³/mol. The molecule has 8 nitrogen and oxygen atoms in total. The van der Waals surface area contributed by atoms with Crippen LogP contribution in [0.1, 0.15) is 16.7 Å². The zero-order valence-corrected chi connectivity index (χ0v) is 21.3. The fourth-order valence-electron chi connectivity index (χ4n) is 4.43. The van der Waals surface area contributed by atoms with Gasteiger partial charge in [-0.2, -0.15) is 0 Å². The first-order chi connectivity index (χ1) is 18.6. The van der Waals surface area contributed by atoms with Gasteiger partial charge in [0, 0.05) is 42.6 Å². The molecule has 0 fully saturated rings. The molecule has 192 valence electrons. The lowest BCUT2D eigenvalue weighted by Crippen LogP contribution is -2.24. The highest BCUT2D eigenvalue weighted by Crippen LogP contribution is 2.33. The molecule has 0 amide bonds. The van der Waals surface area contributed by atoms with E-state index in [1.807, 2.05) is 60.7 Å². The van der Waals surface area contributed by atoms with Gasteiger partial charge in [0.2, 0.25) is 0 Å². The van der Waals surface area contributed by atoms with Crippen LogP contribution in [0.5, 0.6) is 11.5 Å². The number of aliphatic hydroxyl groups excluding tert-OH is 1. The van der Waals surface area contributed by atoms with Gasteiger partial charge in [0.05, 0.1) is 26.5 Å². The van der Waals surface area contributed by atoms with Gasteiger partial charge in [-0.1, -0.05) is 24.3 Å². The maximum Gasteiger partial charge on any atom is 0.139 e. The van der Waals surface area contributed by atoms with Crippen LogP contribution in [0.25, 0.3) is 22.0 Å². The van der Waals surface area contributed by atoms with Crippen molar-refractivity contribution in [3.8, 4) is 22.8 Å². The minimum Gasteiger partial charge on any atom is -0.497 e. The van der Waals surface area contributed by atoms with Crippen molar-refractivity contribution < 1.29 is 14.6 Å². The number of ether oxygens (including phenoxy) is 2. The van der Waals surface area contributed by atoms with Gasteiger partial charge in [-0.25, -0.2) is 9.97 Å². The van der Waals surface area contributed by atoms with E-state index in [9.17, 15) is 5.11 Å². The fraction of sp³-hybridized carbons (Fsp3) is 0.167. The number of benzene rings is 2. The van der Waals surface area contributed by atoms with E-state index in [1.165, 1.54) is 0 Å². The van der Waals surface area contributed by atoms with Crippen LogP contribution < -0.4 is 20.1 Å². The van der Waals surface area contributed by atoms with Crippen molar-refractivity contribution >= 4 is 22.4 Å². The SMILES string of the molecule is COc1ccc(CN(Cc2ccc(OC)cc2)c2nc(-c3cnccc3CO)cc3cc(N)ncc23)cc1. The lowest BCUT2D eigenvalue weighted by molar-refractivity contribution is 0.282. The van der Waals surface area contributed by atoms with Crippen LogP contribution in [0.15, 0.2) is 85.3 Å². The van der Waals surface area contributed by atoms with Crippen LogP contribution in [0.3, 0.4) is 0 Å². The zero-order chi connectivity index (χ0) is 26.5. The van der Waals surface area contributed by atoms with E-state index in [4.69, 9.17) is 20.2 Å². The number of fused-ring (bicyclic) bond motifs is 1. The number of nitrogens with zero attached hydrogens (tertiary/aromatic N) is 4. The lowest BCUT2D eigenvalue weighted by Gasteiger charge is -2.26. The first kappa shape index (κ1) is 25.0.